The molecule has 3 nitrogen and oxygen atoms in total. The molecular formula is C8H13F3N2O. The summed E-state index contributed by atoms with van der Waals surface area (Å²) in [5, 5.41) is 1.85. The van der Waals surface area contributed by atoms with Gasteiger partial charge >= 0.3 is 12.2 Å². The Labute approximate surface area is 80.3 Å². The van der Waals surface area contributed by atoms with E-state index in [1.54, 1.807) is 0 Å². The van der Waals surface area contributed by atoms with Crippen LogP contribution in [0.1, 0.15) is 19.3 Å². The molecule has 0 bridgehead atoms. The van der Waals surface area contributed by atoms with Crippen LogP contribution in [0.4, 0.5) is 18.0 Å². The number of alkyl halides is 3. The second-order valence-corrected chi connectivity index (χ2v) is 3.32. The summed E-state index contributed by atoms with van der Waals surface area (Å²) in [6, 6.07) is -0.609. The first kappa shape index (κ1) is 11.1. The van der Waals surface area contributed by atoms with E-state index in [9.17, 15) is 18.0 Å². The van der Waals surface area contributed by atoms with Crippen molar-refractivity contribution in [1.29, 1.82) is 0 Å². The zero-order chi connectivity index (χ0) is 10.6. The second kappa shape index (κ2) is 4.52. The zero-order valence-corrected chi connectivity index (χ0v) is 7.73. The van der Waals surface area contributed by atoms with Crippen LogP contribution in [-0.4, -0.2) is 36.7 Å². The molecule has 0 aromatic carbocycles. The Hall–Kier alpha value is -0.940. The van der Waals surface area contributed by atoms with E-state index in [1.165, 1.54) is 4.90 Å². The van der Waals surface area contributed by atoms with Gasteiger partial charge in [-0.2, -0.15) is 13.2 Å². The van der Waals surface area contributed by atoms with Crippen molar-refractivity contribution >= 4 is 6.03 Å². The molecule has 0 saturated carbocycles. The van der Waals surface area contributed by atoms with Crippen molar-refractivity contribution in [3.63, 3.8) is 0 Å². The van der Waals surface area contributed by atoms with Crippen molar-refractivity contribution in [2.75, 3.05) is 19.6 Å². The number of amides is 2. The lowest BCUT2D eigenvalue weighted by Gasteiger charge is -2.26. The summed E-state index contributed by atoms with van der Waals surface area (Å²) < 4.78 is 35.2. The number of rotatable bonds is 1. The van der Waals surface area contributed by atoms with Crippen LogP contribution >= 0.6 is 0 Å². The third kappa shape index (κ3) is 3.85. The zero-order valence-electron chi connectivity index (χ0n) is 7.73. The summed E-state index contributed by atoms with van der Waals surface area (Å²) in [7, 11) is 0. The highest BCUT2D eigenvalue weighted by Gasteiger charge is 2.28. The number of urea groups is 1. The smallest absolute Gasteiger partial charge is 0.329 e. The van der Waals surface area contributed by atoms with E-state index in [4.69, 9.17) is 0 Å². The molecule has 14 heavy (non-hydrogen) atoms. The monoisotopic (exact) mass is 210 g/mol. The fraction of sp³-hybridized carbons (Fsp3) is 0.875. The van der Waals surface area contributed by atoms with Crippen LogP contribution in [0.25, 0.3) is 0 Å². The molecule has 1 fully saturated rings. The summed E-state index contributed by atoms with van der Waals surface area (Å²) in [6.07, 6.45) is -1.53. The number of hydrogen-bond acceptors (Lipinski definition) is 1. The van der Waals surface area contributed by atoms with Gasteiger partial charge in [0.1, 0.15) is 6.54 Å². The predicted octanol–water partition coefficient (Wildman–Crippen LogP) is 1.74. The largest absolute Gasteiger partial charge is 0.405 e. The van der Waals surface area contributed by atoms with Gasteiger partial charge in [0, 0.05) is 13.1 Å². The molecule has 1 N–H and O–H groups in total. The Morgan fingerprint density at radius 3 is 2.29 bits per heavy atom. The first-order valence-corrected chi connectivity index (χ1v) is 4.58. The standard InChI is InChI=1S/C8H13F3N2O/c9-8(10,11)6-12-7(14)13-4-2-1-3-5-13/h1-6H2,(H,12,14). The van der Waals surface area contributed by atoms with E-state index in [0.717, 1.165) is 19.3 Å². The van der Waals surface area contributed by atoms with Gasteiger partial charge in [0.25, 0.3) is 0 Å². The summed E-state index contributed by atoms with van der Waals surface area (Å²) in [5.41, 5.74) is 0. The number of likely N-dealkylation sites (tertiary alicyclic amines) is 1. The van der Waals surface area contributed by atoms with E-state index in [2.05, 4.69) is 0 Å². The minimum absolute atomic E-state index is 0.559. The maximum atomic E-state index is 11.7. The maximum absolute atomic E-state index is 11.7. The predicted molar refractivity (Wildman–Crippen MR) is 44.9 cm³/mol. The van der Waals surface area contributed by atoms with Gasteiger partial charge < -0.3 is 10.2 Å². The van der Waals surface area contributed by atoms with E-state index in [0.29, 0.717) is 13.1 Å². The summed E-state index contributed by atoms with van der Waals surface area (Å²) >= 11 is 0. The first-order chi connectivity index (χ1) is 6.49. The van der Waals surface area contributed by atoms with Crippen LogP contribution < -0.4 is 5.32 Å². The molecule has 0 spiro atoms. The topological polar surface area (TPSA) is 32.3 Å². The SMILES string of the molecule is O=C(NCC(F)(F)F)N1CCCCC1. The Kier molecular flexibility index (Phi) is 3.60. The lowest BCUT2D eigenvalue weighted by atomic mass is 10.1. The number of nitrogens with zero attached hydrogens (tertiary/aromatic N) is 1. The third-order valence-electron chi connectivity index (χ3n) is 2.08. The number of carbonyl (C=O) groups is 1. The molecule has 82 valence electrons. The van der Waals surface area contributed by atoms with Crippen molar-refractivity contribution in [1.82, 2.24) is 10.2 Å². The van der Waals surface area contributed by atoms with Crippen LogP contribution in [0.15, 0.2) is 0 Å². The highest BCUT2D eigenvalue weighted by Crippen LogP contribution is 2.13. The fourth-order valence-electron chi connectivity index (χ4n) is 1.38. The molecule has 0 aromatic rings. The summed E-state index contributed by atoms with van der Waals surface area (Å²) in [6.45, 7) is -0.129. The quantitative estimate of drug-likeness (QED) is 0.702. The van der Waals surface area contributed by atoms with E-state index >= 15 is 0 Å². The number of halogens is 3. The fourth-order valence-corrected chi connectivity index (χ4v) is 1.38. The van der Waals surface area contributed by atoms with Crippen molar-refractivity contribution in [3.05, 3.63) is 0 Å². The number of nitrogens with one attached hydrogen (secondary N) is 1. The Morgan fingerprint density at radius 1 is 1.21 bits per heavy atom. The van der Waals surface area contributed by atoms with Crippen LogP contribution in [0, 0.1) is 0 Å². The minimum atomic E-state index is -4.33. The normalized spacial score (nSPS) is 18.1. The van der Waals surface area contributed by atoms with Gasteiger partial charge in [-0.1, -0.05) is 0 Å². The molecular weight excluding hydrogens is 197 g/mol. The van der Waals surface area contributed by atoms with Crippen LogP contribution in [0.3, 0.4) is 0 Å². The van der Waals surface area contributed by atoms with Crippen LogP contribution in [-0.2, 0) is 0 Å². The molecule has 0 atom stereocenters. The highest BCUT2D eigenvalue weighted by atomic mass is 19.4. The summed E-state index contributed by atoms with van der Waals surface area (Å²) in [5.74, 6) is 0. The number of piperidine rings is 1. The van der Waals surface area contributed by atoms with E-state index in [-0.39, 0.29) is 0 Å². The van der Waals surface area contributed by atoms with Gasteiger partial charge in [-0.3, -0.25) is 0 Å². The molecule has 1 saturated heterocycles. The molecule has 6 heteroatoms. The van der Waals surface area contributed by atoms with Gasteiger partial charge in [-0.15, -0.1) is 0 Å². The van der Waals surface area contributed by atoms with Crippen molar-refractivity contribution in [2.24, 2.45) is 0 Å². The second-order valence-electron chi connectivity index (χ2n) is 3.32. The lowest BCUT2D eigenvalue weighted by Crippen LogP contribution is -2.45. The molecule has 1 aliphatic rings. The van der Waals surface area contributed by atoms with Crippen LogP contribution in [0.2, 0.25) is 0 Å². The molecule has 0 unspecified atom stereocenters. The van der Waals surface area contributed by atoms with Gasteiger partial charge in [0.2, 0.25) is 0 Å². The van der Waals surface area contributed by atoms with Gasteiger partial charge in [-0.05, 0) is 19.3 Å². The van der Waals surface area contributed by atoms with E-state index in [1.807, 2.05) is 5.32 Å². The molecule has 0 aromatic heterocycles. The van der Waals surface area contributed by atoms with Crippen molar-refractivity contribution in [2.45, 2.75) is 25.4 Å². The minimum Gasteiger partial charge on any atom is -0.329 e. The third-order valence-corrected chi connectivity index (χ3v) is 2.08. The Morgan fingerprint density at radius 2 is 1.79 bits per heavy atom. The van der Waals surface area contributed by atoms with Gasteiger partial charge in [0.15, 0.2) is 0 Å². The average Bonchev–Trinajstić information content (AvgIpc) is 2.14. The molecule has 1 aliphatic heterocycles. The van der Waals surface area contributed by atoms with Crippen molar-refractivity contribution < 1.29 is 18.0 Å². The van der Waals surface area contributed by atoms with Gasteiger partial charge in [0.05, 0.1) is 0 Å². The number of hydrogen-bond donors (Lipinski definition) is 1. The molecule has 0 aliphatic carbocycles. The molecule has 1 heterocycles. The first-order valence-electron chi connectivity index (χ1n) is 4.58. The van der Waals surface area contributed by atoms with Gasteiger partial charge in [-0.25, -0.2) is 4.79 Å². The molecule has 1 rings (SSSR count). The average molecular weight is 210 g/mol. The maximum Gasteiger partial charge on any atom is 0.405 e. The van der Waals surface area contributed by atoms with Crippen molar-refractivity contribution in [3.8, 4) is 0 Å². The summed E-state index contributed by atoms with van der Waals surface area (Å²) in [4.78, 5) is 12.6. The van der Waals surface area contributed by atoms with E-state index < -0.39 is 18.8 Å². The molecule has 2 amide bonds. The Balaban J connectivity index is 2.27. The lowest BCUT2D eigenvalue weighted by molar-refractivity contribution is -0.123. The molecule has 0 radical (unpaired) electrons. The highest BCUT2D eigenvalue weighted by molar-refractivity contribution is 5.74. The Bertz CT molecular complexity index is 199. The number of carbonyl (C=O) groups excluding carboxylic acids is 1. The van der Waals surface area contributed by atoms with Crippen LogP contribution in [0.5, 0.6) is 0 Å².